The second kappa shape index (κ2) is 7.29. The van der Waals surface area contributed by atoms with Gasteiger partial charge in [-0.2, -0.15) is 13.2 Å². The number of ether oxygens (including phenoxy) is 3. The fraction of sp³-hybridized carbons (Fsp3) is 0.316. The number of nitrogens with two attached hydrogens (primary N) is 1. The molecule has 2 N–H and O–H groups in total. The third-order valence-corrected chi connectivity index (χ3v) is 4.41. The van der Waals surface area contributed by atoms with Crippen LogP contribution >= 0.6 is 0 Å². The number of rotatable bonds is 5. The van der Waals surface area contributed by atoms with E-state index in [0.29, 0.717) is 11.3 Å². The Kier molecular flexibility index (Phi) is 5.19. The monoisotopic (exact) mass is 390 g/mol. The van der Waals surface area contributed by atoms with Crippen molar-refractivity contribution < 1.29 is 27.4 Å². The average Bonchev–Trinajstić information content (AvgIpc) is 3.02. The molecular weight excluding hydrogens is 372 g/mol. The number of nitrogens with zero attached hydrogens (tertiary/aromatic N) is 1. The third kappa shape index (κ3) is 4.03. The van der Waals surface area contributed by atoms with Gasteiger partial charge in [-0.3, -0.25) is 0 Å². The highest BCUT2D eigenvalue weighted by molar-refractivity contribution is 6.32. The highest BCUT2D eigenvalue weighted by atomic mass is 19.4. The summed E-state index contributed by atoms with van der Waals surface area (Å²) in [7, 11) is 7.48. The van der Waals surface area contributed by atoms with Crippen molar-refractivity contribution in [1.29, 1.82) is 0 Å². The molecule has 0 aromatic heterocycles. The van der Waals surface area contributed by atoms with Crippen LogP contribution in [-0.4, -0.2) is 40.4 Å². The van der Waals surface area contributed by atoms with Crippen LogP contribution in [0.1, 0.15) is 16.7 Å². The first-order chi connectivity index (χ1) is 13.1. The van der Waals surface area contributed by atoms with Crippen LogP contribution in [0.2, 0.25) is 0 Å². The molecule has 1 atom stereocenters. The molecule has 0 saturated carbocycles. The minimum absolute atomic E-state index is 0.0161. The highest BCUT2D eigenvalue weighted by Crippen LogP contribution is 2.40. The lowest BCUT2D eigenvalue weighted by Gasteiger charge is -2.27. The summed E-state index contributed by atoms with van der Waals surface area (Å²) >= 11 is 0. The number of benzene rings is 2. The van der Waals surface area contributed by atoms with E-state index in [0.717, 1.165) is 11.1 Å². The van der Waals surface area contributed by atoms with Crippen molar-refractivity contribution in [1.82, 2.24) is 0 Å². The minimum Gasteiger partial charge on any atom is -0.496 e. The van der Waals surface area contributed by atoms with Gasteiger partial charge in [0.05, 0.1) is 7.11 Å². The molecule has 2 radical (unpaired) electrons. The number of aliphatic imine (C=N–C) groups is 1. The van der Waals surface area contributed by atoms with Crippen LogP contribution in [0.25, 0.3) is 0 Å². The van der Waals surface area contributed by atoms with Gasteiger partial charge < -0.3 is 19.9 Å². The molecule has 3 rings (SSSR count). The van der Waals surface area contributed by atoms with Crippen LogP contribution in [0.5, 0.6) is 11.5 Å². The second-order valence-electron chi connectivity index (χ2n) is 6.48. The van der Waals surface area contributed by atoms with E-state index in [-0.39, 0.29) is 23.8 Å². The van der Waals surface area contributed by atoms with E-state index in [1.165, 1.54) is 12.1 Å². The van der Waals surface area contributed by atoms with E-state index in [2.05, 4.69) is 4.99 Å². The smallest absolute Gasteiger partial charge is 0.422 e. The molecule has 146 valence electrons. The molecule has 1 unspecified atom stereocenters. The first-order valence-corrected chi connectivity index (χ1v) is 8.37. The van der Waals surface area contributed by atoms with Gasteiger partial charge in [0.1, 0.15) is 26.0 Å². The van der Waals surface area contributed by atoms with E-state index in [1.54, 1.807) is 25.3 Å². The van der Waals surface area contributed by atoms with Gasteiger partial charge in [-0.25, -0.2) is 4.99 Å². The Bertz CT molecular complexity index is 918. The standard InChI is InChI=1S/C19H18BF3N2O3/c1-11-5-12(3-4-16(11)26-2)18(9-28-17(24)25-18)13-6-14(20)8-15(7-13)27-10-19(21,22)23/h3-8H,9-10H2,1-2H3,(H2,24,25). The van der Waals surface area contributed by atoms with Gasteiger partial charge >= 0.3 is 6.18 Å². The first-order valence-electron chi connectivity index (χ1n) is 8.37. The van der Waals surface area contributed by atoms with Crippen LogP contribution in [0.4, 0.5) is 13.2 Å². The summed E-state index contributed by atoms with van der Waals surface area (Å²) in [5, 5.41) is 0. The molecule has 5 nitrogen and oxygen atoms in total. The number of alkyl halides is 3. The summed E-state index contributed by atoms with van der Waals surface area (Å²) in [4.78, 5) is 4.45. The number of hydrogen-bond donors (Lipinski definition) is 1. The lowest BCUT2D eigenvalue weighted by atomic mass is 9.80. The Hall–Kier alpha value is -2.84. The van der Waals surface area contributed by atoms with Crippen LogP contribution < -0.4 is 20.7 Å². The maximum atomic E-state index is 12.5. The predicted octanol–water partition coefficient (Wildman–Crippen LogP) is 2.33. The number of halogens is 3. The van der Waals surface area contributed by atoms with Gasteiger partial charge in [0.2, 0.25) is 0 Å². The van der Waals surface area contributed by atoms with Crippen molar-refractivity contribution in [3.63, 3.8) is 0 Å². The summed E-state index contributed by atoms with van der Waals surface area (Å²) in [6.45, 7) is 0.523. The molecular formula is C19H18BF3N2O3. The second-order valence-corrected chi connectivity index (χ2v) is 6.48. The zero-order chi connectivity index (χ0) is 20.5. The predicted molar refractivity (Wildman–Crippen MR) is 99.5 cm³/mol. The molecule has 0 amide bonds. The maximum Gasteiger partial charge on any atom is 0.422 e. The Morgan fingerprint density at radius 1 is 1.21 bits per heavy atom. The molecule has 2 aromatic rings. The first kappa shape index (κ1) is 19.9. The summed E-state index contributed by atoms with van der Waals surface area (Å²) < 4.78 is 53.1. The van der Waals surface area contributed by atoms with Gasteiger partial charge in [-0.1, -0.05) is 17.6 Å². The van der Waals surface area contributed by atoms with Crippen LogP contribution in [-0.2, 0) is 10.3 Å². The van der Waals surface area contributed by atoms with Gasteiger partial charge in [-0.15, -0.1) is 0 Å². The molecule has 1 aliphatic heterocycles. The van der Waals surface area contributed by atoms with Crippen molar-refractivity contribution in [3.8, 4) is 11.5 Å². The zero-order valence-electron chi connectivity index (χ0n) is 15.3. The summed E-state index contributed by atoms with van der Waals surface area (Å²) in [5.74, 6) is 0.675. The summed E-state index contributed by atoms with van der Waals surface area (Å²) in [5.41, 5.74) is 7.04. The van der Waals surface area contributed by atoms with Gasteiger partial charge in [0.25, 0.3) is 6.02 Å². The largest absolute Gasteiger partial charge is 0.496 e. The van der Waals surface area contributed by atoms with Gasteiger partial charge in [0, 0.05) is 0 Å². The molecule has 0 fully saturated rings. The number of amidine groups is 1. The fourth-order valence-electron chi connectivity index (χ4n) is 3.14. The Labute approximate surface area is 161 Å². The molecule has 1 heterocycles. The fourth-order valence-corrected chi connectivity index (χ4v) is 3.14. The lowest BCUT2D eigenvalue weighted by Crippen LogP contribution is -2.29. The van der Waals surface area contributed by atoms with Crippen LogP contribution in [0.3, 0.4) is 0 Å². The zero-order valence-corrected chi connectivity index (χ0v) is 15.3. The average molecular weight is 390 g/mol. The third-order valence-electron chi connectivity index (χ3n) is 4.41. The molecule has 0 spiro atoms. The molecule has 0 bridgehead atoms. The van der Waals surface area contributed by atoms with E-state index in [4.69, 9.17) is 27.8 Å². The lowest BCUT2D eigenvalue weighted by molar-refractivity contribution is -0.153. The van der Waals surface area contributed by atoms with Crippen molar-refractivity contribution in [2.75, 3.05) is 20.3 Å². The summed E-state index contributed by atoms with van der Waals surface area (Å²) in [6.07, 6.45) is -4.46. The summed E-state index contributed by atoms with van der Waals surface area (Å²) in [6, 6.07) is 9.84. The minimum atomic E-state index is -4.46. The number of hydrogen-bond acceptors (Lipinski definition) is 5. The number of methoxy groups -OCH3 is 1. The molecule has 9 heteroatoms. The van der Waals surface area contributed by atoms with E-state index in [1.807, 2.05) is 13.0 Å². The molecule has 28 heavy (non-hydrogen) atoms. The van der Waals surface area contributed by atoms with E-state index in [9.17, 15) is 13.2 Å². The molecule has 0 aliphatic carbocycles. The van der Waals surface area contributed by atoms with Gasteiger partial charge in [0.15, 0.2) is 12.1 Å². The van der Waals surface area contributed by atoms with Crippen molar-refractivity contribution in [2.45, 2.75) is 18.6 Å². The Morgan fingerprint density at radius 3 is 2.54 bits per heavy atom. The van der Waals surface area contributed by atoms with Gasteiger partial charge in [-0.05, 0) is 47.9 Å². The van der Waals surface area contributed by atoms with Crippen LogP contribution in [0, 0.1) is 6.92 Å². The Morgan fingerprint density at radius 2 is 1.96 bits per heavy atom. The number of aryl methyl sites for hydroxylation is 1. The SMILES string of the molecule is [B]c1cc(OCC(F)(F)F)cc(C2(c3ccc(OC)c(C)c3)COC(N)=N2)c1. The highest BCUT2D eigenvalue weighted by Gasteiger charge is 2.41. The molecule has 1 aliphatic rings. The van der Waals surface area contributed by atoms with Crippen LogP contribution in [0.15, 0.2) is 41.4 Å². The quantitative estimate of drug-likeness (QED) is 0.797. The Balaban J connectivity index is 2.08. The van der Waals surface area contributed by atoms with E-state index >= 15 is 0 Å². The van der Waals surface area contributed by atoms with Crippen molar-refractivity contribution in [2.24, 2.45) is 10.7 Å². The molecule has 2 aromatic carbocycles. The van der Waals surface area contributed by atoms with E-state index < -0.39 is 18.3 Å². The van der Waals surface area contributed by atoms with Crippen molar-refractivity contribution in [3.05, 3.63) is 53.1 Å². The molecule has 0 saturated heterocycles. The normalized spacial score (nSPS) is 19.1. The topological polar surface area (TPSA) is 66.1 Å². The maximum absolute atomic E-state index is 12.5. The van der Waals surface area contributed by atoms with Crippen molar-refractivity contribution >= 4 is 19.3 Å².